The monoisotopic (exact) mass is 244 g/mol. The van der Waals surface area contributed by atoms with Crippen LogP contribution in [0.1, 0.15) is 47.5 Å². The SMILES string of the molecule is CC1(C)CC2C(C)(Br)CC1C2(C)C. The molecule has 2 saturated carbocycles. The molecule has 2 bridgehead atoms. The van der Waals surface area contributed by atoms with E-state index in [2.05, 4.69) is 50.5 Å². The maximum Gasteiger partial charge on any atom is 0.0266 e. The van der Waals surface area contributed by atoms with E-state index in [4.69, 9.17) is 0 Å². The molecule has 2 fully saturated rings. The maximum atomic E-state index is 3.93. The fourth-order valence-electron chi connectivity index (χ4n) is 4.25. The maximum absolute atomic E-state index is 3.93. The summed E-state index contributed by atoms with van der Waals surface area (Å²) in [5, 5.41) is 0. The standard InChI is InChI=1S/C12H21Br/c1-10(2)6-9-11(3,4)8(10)7-12(9,5)13/h8-9H,6-7H2,1-5H3. The van der Waals surface area contributed by atoms with Crippen LogP contribution in [-0.2, 0) is 0 Å². The topological polar surface area (TPSA) is 0 Å². The molecule has 2 aliphatic carbocycles. The Bertz CT molecular complexity index is 214. The highest BCUT2D eigenvalue weighted by Crippen LogP contribution is 2.70. The molecule has 0 nitrogen and oxygen atoms in total. The van der Waals surface area contributed by atoms with Crippen molar-refractivity contribution in [3.8, 4) is 0 Å². The average molecular weight is 245 g/mol. The van der Waals surface area contributed by atoms with Gasteiger partial charge in [0.15, 0.2) is 0 Å². The molecule has 76 valence electrons. The third-order valence-corrected chi connectivity index (χ3v) is 5.68. The molecule has 0 spiro atoms. The predicted octanol–water partition coefficient (Wildman–Crippen LogP) is 4.23. The minimum absolute atomic E-state index is 0.413. The molecule has 0 aromatic heterocycles. The molecular formula is C12H21Br. The number of hydrogen-bond donors (Lipinski definition) is 0. The number of hydrogen-bond acceptors (Lipinski definition) is 0. The lowest BCUT2D eigenvalue weighted by molar-refractivity contribution is 0.167. The summed E-state index contributed by atoms with van der Waals surface area (Å²) >= 11 is 3.93. The molecule has 13 heavy (non-hydrogen) atoms. The van der Waals surface area contributed by atoms with Gasteiger partial charge in [0.05, 0.1) is 0 Å². The summed E-state index contributed by atoms with van der Waals surface area (Å²) in [6, 6.07) is 0. The predicted molar refractivity (Wildman–Crippen MR) is 61.1 cm³/mol. The Balaban J connectivity index is 2.40. The van der Waals surface area contributed by atoms with Gasteiger partial charge in [0.1, 0.15) is 0 Å². The molecule has 0 aromatic carbocycles. The van der Waals surface area contributed by atoms with Gasteiger partial charge in [0.25, 0.3) is 0 Å². The van der Waals surface area contributed by atoms with Gasteiger partial charge in [-0.15, -0.1) is 0 Å². The van der Waals surface area contributed by atoms with Gasteiger partial charge in [-0.05, 0) is 42.4 Å². The molecule has 0 aromatic rings. The third-order valence-electron chi connectivity index (χ3n) is 4.80. The third kappa shape index (κ3) is 1.15. The number of fused-ring (bicyclic) bond motifs is 2. The normalized spacial score (nSPS) is 51.2. The van der Waals surface area contributed by atoms with E-state index in [1.165, 1.54) is 12.8 Å². The molecule has 0 saturated heterocycles. The van der Waals surface area contributed by atoms with Crippen LogP contribution >= 0.6 is 15.9 Å². The quantitative estimate of drug-likeness (QED) is 0.560. The van der Waals surface area contributed by atoms with E-state index in [1.807, 2.05) is 0 Å². The van der Waals surface area contributed by atoms with Gasteiger partial charge in [-0.25, -0.2) is 0 Å². The van der Waals surface area contributed by atoms with Crippen LogP contribution in [0.25, 0.3) is 0 Å². The van der Waals surface area contributed by atoms with Crippen LogP contribution in [0, 0.1) is 22.7 Å². The van der Waals surface area contributed by atoms with Crippen LogP contribution in [0.5, 0.6) is 0 Å². The molecule has 0 radical (unpaired) electrons. The Morgan fingerprint density at radius 3 is 1.69 bits per heavy atom. The number of halogens is 1. The molecule has 1 heteroatoms. The smallest absolute Gasteiger partial charge is 0.0266 e. The van der Waals surface area contributed by atoms with Gasteiger partial charge >= 0.3 is 0 Å². The average Bonchev–Trinajstić information content (AvgIpc) is 2.17. The van der Waals surface area contributed by atoms with Crippen molar-refractivity contribution in [2.24, 2.45) is 22.7 Å². The summed E-state index contributed by atoms with van der Waals surface area (Å²) < 4.78 is 0.413. The minimum Gasteiger partial charge on any atom is -0.0853 e. The van der Waals surface area contributed by atoms with E-state index in [9.17, 15) is 0 Å². The van der Waals surface area contributed by atoms with E-state index < -0.39 is 0 Å². The van der Waals surface area contributed by atoms with Crippen LogP contribution < -0.4 is 0 Å². The van der Waals surface area contributed by atoms with Crippen molar-refractivity contribution in [3.05, 3.63) is 0 Å². The molecule has 2 aliphatic rings. The second kappa shape index (κ2) is 2.35. The summed E-state index contributed by atoms with van der Waals surface area (Å²) in [4.78, 5) is 0. The van der Waals surface area contributed by atoms with Gasteiger partial charge in [0.2, 0.25) is 0 Å². The van der Waals surface area contributed by atoms with Crippen molar-refractivity contribution in [1.82, 2.24) is 0 Å². The lowest BCUT2D eigenvalue weighted by Crippen LogP contribution is -2.32. The molecule has 0 aliphatic heterocycles. The Kier molecular flexibility index (Phi) is 1.81. The van der Waals surface area contributed by atoms with E-state index in [-0.39, 0.29) is 0 Å². The summed E-state index contributed by atoms with van der Waals surface area (Å²) in [7, 11) is 0. The highest BCUT2D eigenvalue weighted by molar-refractivity contribution is 9.10. The lowest BCUT2D eigenvalue weighted by Gasteiger charge is -2.37. The Hall–Kier alpha value is 0.480. The number of rotatable bonds is 0. The van der Waals surface area contributed by atoms with Crippen molar-refractivity contribution >= 4 is 15.9 Å². The second-order valence-electron chi connectivity index (χ2n) is 6.60. The first-order valence-corrected chi connectivity index (χ1v) is 6.16. The molecule has 0 N–H and O–H groups in total. The molecular weight excluding hydrogens is 224 g/mol. The van der Waals surface area contributed by atoms with Gasteiger partial charge in [0, 0.05) is 4.32 Å². The Morgan fingerprint density at radius 2 is 1.46 bits per heavy atom. The van der Waals surface area contributed by atoms with Crippen LogP contribution in [0.2, 0.25) is 0 Å². The number of alkyl halides is 1. The van der Waals surface area contributed by atoms with Crippen LogP contribution in [0.15, 0.2) is 0 Å². The zero-order chi connectivity index (χ0) is 10.1. The van der Waals surface area contributed by atoms with Gasteiger partial charge < -0.3 is 0 Å². The summed E-state index contributed by atoms with van der Waals surface area (Å²) in [6.07, 6.45) is 2.75. The largest absolute Gasteiger partial charge is 0.0853 e. The molecule has 2 rings (SSSR count). The van der Waals surface area contributed by atoms with Gasteiger partial charge in [-0.2, -0.15) is 0 Å². The molecule has 0 heterocycles. The van der Waals surface area contributed by atoms with Gasteiger partial charge in [-0.1, -0.05) is 43.6 Å². The van der Waals surface area contributed by atoms with E-state index in [1.54, 1.807) is 0 Å². The zero-order valence-corrected chi connectivity index (χ0v) is 11.0. The van der Waals surface area contributed by atoms with Crippen molar-refractivity contribution < 1.29 is 0 Å². The first-order chi connectivity index (χ1) is 5.68. The van der Waals surface area contributed by atoms with Crippen molar-refractivity contribution in [2.75, 3.05) is 0 Å². The second-order valence-corrected chi connectivity index (χ2v) is 8.41. The van der Waals surface area contributed by atoms with Crippen LogP contribution in [0.4, 0.5) is 0 Å². The van der Waals surface area contributed by atoms with E-state index >= 15 is 0 Å². The first kappa shape index (κ1) is 10.0. The molecule has 0 amide bonds. The summed E-state index contributed by atoms with van der Waals surface area (Å²) in [5.74, 6) is 1.76. The van der Waals surface area contributed by atoms with Crippen molar-refractivity contribution in [3.63, 3.8) is 0 Å². The van der Waals surface area contributed by atoms with Crippen molar-refractivity contribution in [1.29, 1.82) is 0 Å². The minimum atomic E-state index is 0.413. The van der Waals surface area contributed by atoms with Crippen LogP contribution in [-0.4, -0.2) is 4.32 Å². The lowest BCUT2D eigenvalue weighted by atomic mass is 9.72. The van der Waals surface area contributed by atoms with Crippen LogP contribution in [0.3, 0.4) is 0 Å². The van der Waals surface area contributed by atoms with E-state index in [0.717, 1.165) is 11.8 Å². The van der Waals surface area contributed by atoms with E-state index in [0.29, 0.717) is 15.2 Å². The Morgan fingerprint density at radius 1 is 0.923 bits per heavy atom. The molecule has 3 unspecified atom stereocenters. The fourth-order valence-corrected chi connectivity index (χ4v) is 5.33. The highest BCUT2D eigenvalue weighted by Gasteiger charge is 2.64. The van der Waals surface area contributed by atoms with Crippen molar-refractivity contribution in [2.45, 2.75) is 51.8 Å². The summed E-state index contributed by atoms with van der Waals surface area (Å²) in [6.45, 7) is 12.2. The Labute approximate surface area is 90.6 Å². The van der Waals surface area contributed by atoms with Gasteiger partial charge in [-0.3, -0.25) is 0 Å². The first-order valence-electron chi connectivity index (χ1n) is 5.37. The zero-order valence-electron chi connectivity index (χ0n) is 9.45. The fraction of sp³-hybridized carbons (Fsp3) is 1.00. The summed E-state index contributed by atoms with van der Waals surface area (Å²) in [5.41, 5.74) is 1.11. The highest BCUT2D eigenvalue weighted by atomic mass is 79.9. The molecule has 3 atom stereocenters.